The zero-order valence-corrected chi connectivity index (χ0v) is 14.7. The molecule has 0 aliphatic rings. The molecule has 2 aromatic carbocycles. The standard InChI is InChI=1S/C22H18N4/c1-15-12-17(16(2)26(15)19-8-4-3-5-9-19)13-18(14-23)22-24-20-10-6-7-11-21(20)25-22/h3-13H,1-2H3,(H,24,25)/b18-13+. The lowest BCUT2D eigenvalue weighted by atomic mass is 10.1. The molecule has 0 unspecified atom stereocenters. The first kappa shape index (κ1) is 15.9. The number of nitrogens with one attached hydrogen (secondary N) is 1. The van der Waals surface area contributed by atoms with E-state index in [9.17, 15) is 5.26 Å². The minimum atomic E-state index is 0.523. The van der Waals surface area contributed by atoms with Crippen molar-refractivity contribution in [1.29, 1.82) is 5.26 Å². The Morgan fingerprint density at radius 2 is 1.81 bits per heavy atom. The molecule has 0 saturated carbocycles. The van der Waals surface area contributed by atoms with Crippen molar-refractivity contribution in [1.82, 2.24) is 14.5 Å². The summed E-state index contributed by atoms with van der Waals surface area (Å²) in [6, 6.07) is 22.4. The van der Waals surface area contributed by atoms with E-state index in [1.807, 2.05) is 48.5 Å². The third kappa shape index (κ3) is 2.70. The molecule has 4 nitrogen and oxygen atoms in total. The van der Waals surface area contributed by atoms with Crippen LogP contribution in [-0.4, -0.2) is 14.5 Å². The fourth-order valence-electron chi connectivity index (χ4n) is 3.30. The van der Waals surface area contributed by atoms with Crippen LogP contribution in [0.25, 0.3) is 28.4 Å². The van der Waals surface area contributed by atoms with Crippen molar-refractivity contribution < 1.29 is 0 Å². The van der Waals surface area contributed by atoms with Crippen molar-refractivity contribution in [3.63, 3.8) is 0 Å². The summed E-state index contributed by atoms with van der Waals surface area (Å²) in [6.07, 6.45) is 1.90. The number of rotatable bonds is 3. The Bertz CT molecular complexity index is 1120. The second kappa shape index (κ2) is 6.38. The van der Waals surface area contributed by atoms with E-state index in [1.54, 1.807) is 0 Å². The van der Waals surface area contributed by atoms with Gasteiger partial charge in [0.15, 0.2) is 0 Å². The van der Waals surface area contributed by atoms with Gasteiger partial charge in [0.1, 0.15) is 11.9 Å². The Balaban J connectivity index is 1.81. The highest BCUT2D eigenvalue weighted by atomic mass is 15.0. The van der Waals surface area contributed by atoms with Gasteiger partial charge in [-0.25, -0.2) is 4.98 Å². The molecule has 0 bridgehead atoms. The van der Waals surface area contributed by atoms with E-state index in [0.717, 1.165) is 33.7 Å². The monoisotopic (exact) mass is 338 g/mol. The van der Waals surface area contributed by atoms with Crippen LogP contribution in [0.5, 0.6) is 0 Å². The summed E-state index contributed by atoms with van der Waals surface area (Å²) in [5.74, 6) is 0.596. The summed E-state index contributed by atoms with van der Waals surface area (Å²) >= 11 is 0. The van der Waals surface area contributed by atoms with Crippen molar-refractivity contribution in [2.45, 2.75) is 13.8 Å². The predicted molar refractivity (Wildman–Crippen MR) is 105 cm³/mol. The van der Waals surface area contributed by atoms with Gasteiger partial charge in [0.05, 0.1) is 16.6 Å². The van der Waals surface area contributed by atoms with Gasteiger partial charge < -0.3 is 9.55 Å². The summed E-state index contributed by atoms with van der Waals surface area (Å²) in [7, 11) is 0. The van der Waals surface area contributed by atoms with Crippen LogP contribution in [0.4, 0.5) is 0 Å². The van der Waals surface area contributed by atoms with Gasteiger partial charge in [0.25, 0.3) is 0 Å². The Morgan fingerprint density at radius 1 is 1.08 bits per heavy atom. The van der Waals surface area contributed by atoms with Crippen molar-refractivity contribution in [2.24, 2.45) is 0 Å². The maximum Gasteiger partial charge on any atom is 0.149 e. The summed E-state index contributed by atoms with van der Waals surface area (Å²) in [5, 5.41) is 9.66. The number of allylic oxidation sites excluding steroid dienone is 1. The lowest BCUT2D eigenvalue weighted by Gasteiger charge is -2.09. The minimum absolute atomic E-state index is 0.523. The molecule has 26 heavy (non-hydrogen) atoms. The summed E-state index contributed by atoms with van der Waals surface area (Å²) in [6.45, 7) is 4.14. The Kier molecular flexibility index (Phi) is 3.91. The maximum absolute atomic E-state index is 9.66. The summed E-state index contributed by atoms with van der Waals surface area (Å²) < 4.78 is 2.19. The first-order chi connectivity index (χ1) is 12.7. The number of hydrogen-bond acceptors (Lipinski definition) is 2. The van der Waals surface area contributed by atoms with E-state index >= 15 is 0 Å². The number of nitrogens with zero attached hydrogens (tertiary/aromatic N) is 3. The average Bonchev–Trinajstić information content (AvgIpc) is 3.21. The fourth-order valence-corrected chi connectivity index (χ4v) is 3.30. The Hall–Kier alpha value is -3.58. The first-order valence-electron chi connectivity index (χ1n) is 8.48. The molecule has 0 aliphatic carbocycles. The van der Waals surface area contributed by atoms with Gasteiger partial charge in [0.2, 0.25) is 0 Å². The highest BCUT2D eigenvalue weighted by molar-refractivity contribution is 5.90. The molecule has 2 heterocycles. The summed E-state index contributed by atoms with van der Waals surface area (Å²) in [4.78, 5) is 7.77. The van der Waals surface area contributed by atoms with Crippen LogP contribution in [0.1, 0.15) is 22.8 Å². The summed E-state index contributed by atoms with van der Waals surface area (Å²) in [5.41, 5.74) is 6.67. The van der Waals surface area contributed by atoms with Gasteiger partial charge in [-0.3, -0.25) is 0 Å². The Labute approximate surface area is 152 Å². The number of aromatic nitrogens is 3. The van der Waals surface area contributed by atoms with E-state index in [1.165, 1.54) is 0 Å². The van der Waals surface area contributed by atoms with Crippen LogP contribution < -0.4 is 0 Å². The number of nitriles is 1. The molecule has 0 atom stereocenters. The van der Waals surface area contributed by atoms with Crippen molar-refractivity contribution in [2.75, 3.05) is 0 Å². The molecule has 0 spiro atoms. The molecular weight excluding hydrogens is 320 g/mol. The quantitative estimate of drug-likeness (QED) is 0.532. The van der Waals surface area contributed by atoms with Crippen molar-refractivity contribution in [3.8, 4) is 11.8 Å². The average molecular weight is 338 g/mol. The molecule has 4 rings (SSSR count). The van der Waals surface area contributed by atoms with Gasteiger partial charge in [-0.1, -0.05) is 30.3 Å². The Morgan fingerprint density at radius 3 is 2.54 bits per heavy atom. The van der Waals surface area contributed by atoms with Gasteiger partial charge in [-0.15, -0.1) is 0 Å². The maximum atomic E-state index is 9.66. The second-order valence-electron chi connectivity index (χ2n) is 6.27. The molecule has 0 fully saturated rings. The van der Waals surface area contributed by atoms with Crippen LogP contribution in [0.3, 0.4) is 0 Å². The molecule has 1 N–H and O–H groups in total. The number of aryl methyl sites for hydroxylation is 1. The van der Waals surface area contributed by atoms with Crippen LogP contribution >= 0.6 is 0 Å². The number of aromatic amines is 1. The molecular formula is C22H18N4. The molecule has 0 aliphatic heterocycles. The molecule has 0 radical (unpaired) electrons. The zero-order valence-electron chi connectivity index (χ0n) is 14.7. The molecule has 0 amide bonds. The number of para-hydroxylation sites is 3. The SMILES string of the molecule is Cc1cc(/C=C(\C#N)c2nc3ccccc3[nH]2)c(C)n1-c1ccccc1. The number of hydrogen-bond donors (Lipinski definition) is 1. The van der Waals surface area contributed by atoms with Crippen LogP contribution in [-0.2, 0) is 0 Å². The highest BCUT2D eigenvalue weighted by Gasteiger charge is 2.12. The van der Waals surface area contributed by atoms with E-state index < -0.39 is 0 Å². The molecule has 126 valence electrons. The number of benzene rings is 2. The van der Waals surface area contributed by atoms with Gasteiger partial charge in [-0.05, 0) is 55.8 Å². The number of H-pyrrole nitrogens is 1. The lowest BCUT2D eigenvalue weighted by molar-refractivity contribution is 0.964. The number of imidazole rings is 1. The molecule has 0 saturated heterocycles. The van der Waals surface area contributed by atoms with Gasteiger partial charge in [0, 0.05) is 17.1 Å². The molecule has 4 heteroatoms. The van der Waals surface area contributed by atoms with E-state index in [0.29, 0.717) is 11.4 Å². The zero-order chi connectivity index (χ0) is 18.1. The third-order valence-corrected chi connectivity index (χ3v) is 4.55. The van der Waals surface area contributed by atoms with E-state index in [-0.39, 0.29) is 0 Å². The predicted octanol–water partition coefficient (Wildman–Crippen LogP) is 5.03. The van der Waals surface area contributed by atoms with Crippen molar-refractivity contribution >= 4 is 22.7 Å². The van der Waals surface area contributed by atoms with Gasteiger partial charge in [-0.2, -0.15) is 5.26 Å². The molecule has 2 aromatic heterocycles. The second-order valence-corrected chi connectivity index (χ2v) is 6.27. The number of fused-ring (bicyclic) bond motifs is 1. The minimum Gasteiger partial charge on any atom is -0.337 e. The lowest BCUT2D eigenvalue weighted by Crippen LogP contribution is -1.98. The van der Waals surface area contributed by atoms with E-state index in [4.69, 9.17) is 0 Å². The van der Waals surface area contributed by atoms with Crippen LogP contribution in [0.15, 0.2) is 60.7 Å². The third-order valence-electron chi connectivity index (χ3n) is 4.55. The van der Waals surface area contributed by atoms with E-state index in [2.05, 4.69) is 52.7 Å². The van der Waals surface area contributed by atoms with Crippen molar-refractivity contribution in [3.05, 3.63) is 83.4 Å². The van der Waals surface area contributed by atoms with Gasteiger partial charge >= 0.3 is 0 Å². The smallest absolute Gasteiger partial charge is 0.149 e. The van der Waals surface area contributed by atoms with Crippen LogP contribution in [0.2, 0.25) is 0 Å². The van der Waals surface area contributed by atoms with Crippen LogP contribution in [0, 0.1) is 25.2 Å². The molecule has 4 aromatic rings. The highest BCUT2D eigenvalue weighted by Crippen LogP contribution is 2.25. The largest absolute Gasteiger partial charge is 0.337 e. The first-order valence-corrected chi connectivity index (χ1v) is 8.48. The normalized spacial score (nSPS) is 11.7. The topological polar surface area (TPSA) is 57.4 Å². The fraction of sp³-hybridized carbons (Fsp3) is 0.0909.